The lowest BCUT2D eigenvalue weighted by molar-refractivity contribution is -0.131. The number of aromatic nitrogens is 1. The number of rotatable bonds is 16. The third kappa shape index (κ3) is 14.3. The lowest BCUT2D eigenvalue weighted by Gasteiger charge is -2.36. The maximum atomic E-state index is 14.0. The van der Waals surface area contributed by atoms with Gasteiger partial charge in [-0.1, -0.05) is 81.8 Å². The number of benzene rings is 1. The Hall–Kier alpha value is -4.19. The molecule has 1 saturated heterocycles. The third-order valence-electron chi connectivity index (χ3n) is 10.1. The molecule has 5 amide bonds. The maximum absolute atomic E-state index is 14.0. The summed E-state index contributed by atoms with van der Waals surface area (Å²) in [6.45, 7) is 8.60. The van der Waals surface area contributed by atoms with Crippen LogP contribution in [0.5, 0.6) is 0 Å². The highest BCUT2D eigenvalue weighted by atomic mass is 16.6. The van der Waals surface area contributed by atoms with E-state index in [1.165, 1.54) is 6.42 Å². The summed E-state index contributed by atoms with van der Waals surface area (Å²) in [5.74, 6) is -0.356. The van der Waals surface area contributed by atoms with Crippen molar-refractivity contribution < 1.29 is 29.0 Å². The second-order valence-corrected chi connectivity index (χ2v) is 15.6. The number of nitrogens with zero attached hydrogens (tertiary/aromatic N) is 3. The quantitative estimate of drug-likeness (QED) is 0.181. The van der Waals surface area contributed by atoms with Crippen LogP contribution in [0.1, 0.15) is 103 Å². The van der Waals surface area contributed by atoms with Crippen molar-refractivity contribution in [3.63, 3.8) is 0 Å². The smallest absolute Gasteiger partial charge is 0.410 e. The van der Waals surface area contributed by atoms with Gasteiger partial charge in [-0.25, -0.2) is 9.59 Å². The fourth-order valence-electron chi connectivity index (χ4n) is 7.16. The maximum Gasteiger partial charge on any atom is 0.410 e. The summed E-state index contributed by atoms with van der Waals surface area (Å²) in [6, 6.07) is 12.6. The summed E-state index contributed by atoms with van der Waals surface area (Å²) in [6.07, 6.45) is 10.3. The van der Waals surface area contributed by atoms with Crippen LogP contribution in [0.3, 0.4) is 0 Å². The molecule has 2 aliphatic rings. The zero-order chi connectivity index (χ0) is 38.2. The first-order valence-electron chi connectivity index (χ1n) is 19.7. The van der Waals surface area contributed by atoms with Gasteiger partial charge in [-0.3, -0.25) is 14.6 Å². The molecule has 4 N–H and O–H groups in total. The van der Waals surface area contributed by atoms with Crippen LogP contribution in [-0.2, 0) is 27.2 Å². The number of hydrogen-bond acceptors (Lipinski definition) is 7. The largest absolute Gasteiger partial charge is 0.444 e. The van der Waals surface area contributed by atoms with E-state index in [1.807, 2.05) is 76.2 Å². The molecular formula is C41H62N6O6. The second kappa shape index (κ2) is 20.9. The zero-order valence-electron chi connectivity index (χ0n) is 32.2. The summed E-state index contributed by atoms with van der Waals surface area (Å²) in [4.78, 5) is 61.6. The Morgan fingerprint density at radius 3 is 2.15 bits per heavy atom. The van der Waals surface area contributed by atoms with Crippen molar-refractivity contribution >= 4 is 23.9 Å². The number of carbonyl (C=O) groups is 4. The van der Waals surface area contributed by atoms with E-state index < -0.39 is 47.9 Å². The van der Waals surface area contributed by atoms with Gasteiger partial charge in [0.05, 0.1) is 12.1 Å². The predicted molar refractivity (Wildman–Crippen MR) is 205 cm³/mol. The van der Waals surface area contributed by atoms with Crippen LogP contribution in [0.2, 0.25) is 0 Å². The van der Waals surface area contributed by atoms with Gasteiger partial charge in [0, 0.05) is 44.5 Å². The first-order chi connectivity index (χ1) is 25.4. The van der Waals surface area contributed by atoms with Gasteiger partial charge in [0.25, 0.3) is 0 Å². The molecular weight excluding hydrogens is 672 g/mol. The van der Waals surface area contributed by atoms with Crippen molar-refractivity contribution in [2.75, 3.05) is 26.2 Å². The number of pyridine rings is 1. The number of ether oxygens (including phenoxy) is 1. The van der Waals surface area contributed by atoms with Crippen LogP contribution in [0.4, 0.5) is 9.59 Å². The van der Waals surface area contributed by atoms with E-state index in [9.17, 15) is 24.3 Å². The molecule has 1 aliphatic heterocycles. The molecule has 4 atom stereocenters. The van der Waals surface area contributed by atoms with E-state index in [0.717, 1.165) is 49.8 Å². The van der Waals surface area contributed by atoms with E-state index in [1.54, 1.807) is 16.0 Å². The zero-order valence-corrected chi connectivity index (χ0v) is 32.2. The van der Waals surface area contributed by atoms with Gasteiger partial charge in [-0.2, -0.15) is 0 Å². The minimum atomic E-state index is -0.948. The normalized spacial score (nSPS) is 17.6. The molecule has 0 spiro atoms. The fourth-order valence-corrected chi connectivity index (χ4v) is 7.16. The van der Waals surface area contributed by atoms with Crippen molar-refractivity contribution in [3.8, 4) is 0 Å². The van der Waals surface area contributed by atoms with Crippen LogP contribution >= 0.6 is 0 Å². The molecule has 2 fully saturated rings. The molecule has 1 aromatic carbocycles. The van der Waals surface area contributed by atoms with Crippen molar-refractivity contribution in [1.82, 2.24) is 30.7 Å². The van der Waals surface area contributed by atoms with Crippen LogP contribution in [0, 0.1) is 5.92 Å². The Morgan fingerprint density at radius 2 is 1.51 bits per heavy atom. The molecule has 0 unspecified atom stereocenters. The van der Waals surface area contributed by atoms with E-state index in [4.69, 9.17) is 4.74 Å². The average Bonchev–Trinajstić information content (AvgIpc) is 3.14. The molecule has 4 rings (SSSR count). The second-order valence-electron chi connectivity index (χ2n) is 15.6. The minimum absolute atomic E-state index is 0.232. The highest BCUT2D eigenvalue weighted by Crippen LogP contribution is 2.29. The summed E-state index contributed by atoms with van der Waals surface area (Å²) in [7, 11) is 0. The van der Waals surface area contributed by atoms with E-state index in [-0.39, 0.29) is 25.4 Å². The number of aryl methyl sites for hydroxylation is 1. The Labute approximate surface area is 315 Å². The Kier molecular flexibility index (Phi) is 16.4. The first-order valence-corrected chi connectivity index (χ1v) is 19.7. The number of carbonyl (C=O) groups excluding carboxylic acids is 4. The summed E-state index contributed by atoms with van der Waals surface area (Å²) in [5.41, 5.74) is 1.21. The van der Waals surface area contributed by atoms with E-state index in [0.29, 0.717) is 44.7 Å². The van der Waals surface area contributed by atoms with Crippen LogP contribution in [0.15, 0.2) is 54.7 Å². The molecule has 2 heterocycles. The number of aliphatic hydroxyl groups excluding tert-OH is 1. The monoisotopic (exact) mass is 734 g/mol. The standard InChI is InChI=1S/C41H62N6O6/c1-5-15-33(37(49)44-34(28-30-16-8-6-9-17-30)36(48)22-14-21-32-20-12-13-23-42-32)43-38(50)35(29-31-18-10-7-11-19-31)45-39(51)46-24-26-47(27-25-46)40(52)53-41(2,3)4/h7,10-13,18-20,23,30,33-36,48H,5-6,8-9,14-17,21-22,24-29H2,1-4H3,(H,43,50)(H,44,49)(H,45,51)/t33-,34-,35-,36-/m0/s1. The van der Waals surface area contributed by atoms with Crippen LogP contribution in [0.25, 0.3) is 0 Å². The molecule has 1 aromatic heterocycles. The third-order valence-corrected chi connectivity index (χ3v) is 10.1. The summed E-state index contributed by atoms with van der Waals surface area (Å²) >= 11 is 0. The van der Waals surface area contributed by atoms with Gasteiger partial charge >= 0.3 is 12.1 Å². The van der Waals surface area contributed by atoms with Crippen LogP contribution in [-0.4, -0.2) is 99.8 Å². The molecule has 12 nitrogen and oxygen atoms in total. The van der Waals surface area contributed by atoms with E-state index >= 15 is 0 Å². The molecule has 1 aliphatic carbocycles. The first kappa shape index (κ1) is 41.6. The lowest BCUT2D eigenvalue weighted by atomic mass is 9.83. The molecule has 2 aromatic rings. The van der Waals surface area contributed by atoms with Crippen molar-refractivity contribution in [2.24, 2.45) is 5.92 Å². The Morgan fingerprint density at radius 1 is 0.849 bits per heavy atom. The molecule has 292 valence electrons. The minimum Gasteiger partial charge on any atom is -0.444 e. The van der Waals surface area contributed by atoms with Gasteiger partial charge in [-0.05, 0) is 76.5 Å². The van der Waals surface area contributed by atoms with Crippen molar-refractivity contribution in [2.45, 2.75) is 135 Å². The molecule has 53 heavy (non-hydrogen) atoms. The van der Waals surface area contributed by atoms with Crippen molar-refractivity contribution in [1.29, 1.82) is 0 Å². The van der Waals surface area contributed by atoms with Crippen LogP contribution < -0.4 is 16.0 Å². The number of piperazine rings is 1. The summed E-state index contributed by atoms with van der Waals surface area (Å²) in [5, 5.41) is 20.5. The highest BCUT2D eigenvalue weighted by molar-refractivity contribution is 5.92. The van der Waals surface area contributed by atoms with Crippen molar-refractivity contribution in [3.05, 3.63) is 66.0 Å². The van der Waals surface area contributed by atoms with Gasteiger partial charge in [-0.15, -0.1) is 0 Å². The van der Waals surface area contributed by atoms with Gasteiger partial charge < -0.3 is 35.6 Å². The molecule has 0 bridgehead atoms. The van der Waals surface area contributed by atoms with Gasteiger partial charge in [0.2, 0.25) is 11.8 Å². The fraction of sp³-hybridized carbons (Fsp3) is 0.634. The van der Waals surface area contributed by atoms with Gasteiger partial charge in [0.15, 0.2) is 0 Å². The number of hydrogen-bond donors (Lipinski definition) is 4. The van der Waals surface area contributed by atoms with Gasteiger partial charge in [0.1, 0.15) is 17.7 Å². The number of nitrogens with one attached hydrogen (secondary N) is 3. The van der Waals surface area contributed by atoms with E-state index in [2.05, 4.69) is 20.9 Å². The number of aliphatic hydroxyl groups is 1. The number of urea groups is 1. The topological polar surface area (TPSA) is 153 Å². The summed E-state index contributed by atoms with van der Waals surface area (Å²) < 4.78 is 5.49. The SMILES string of the molecule is CCC[C@H](NC(=O)[C@H](Cc1ccccc1)NC(=O)N1CCN(C(=O)OC(C)(C)C)CC1)C(=O)N[C@@H](CC1CCCCC1)[C@@H](O)CCCc1ccccn1. The Bertz CT molecular complexity index is 1420. The molecule has 1 saturated carbocycles. The molecule has 12 heteroatoms. The predicted octanol–water partition coefficient (Wildman–Crippen LogP) is 5.38. The highest BCUT2D eigenvalue weighted by Gasteiger charge is 2.33. The number of amides is 5. The Balaban J connectivity index is 1.41. The lowest BCUT2D eigenvalue weighted by Crippen LogP contribution is -2.59. The average molecular weight is 735 g/mol. The molecule has 0 radical (unpaired) electrons.